The summed E-state index contributed by atoms with van der Waals surface area (Å²) in [5.74, 6) is 0. The zero-order valence-electron chi connectivity index (χ0n) is 24.6. The fraction of sp³-hybridized carbons (Fsp3) is 0. The van der Waals surface area contributed by atoms with Gasteiger partial charge in [-0.15, -0.1) is 22.7 Å². The van der Waals surface area contributed by atoms with Gasteiger partial charge in [0.2, 0.25) is 0 Å². The molecule has 46 heavy (non-hydrogen) atoms. The quantitative estimate of drug-likeness (QED) is 0.205. The van der Waals surface area contributed by atoms with Crippen LogP contribution in [0.3, 0.4) is 0 Å². The molecule has 0 fully saturated rings. The molecule has 4 aromatic heterocycles. The number of thiophene rings is 2. The molecule has 218 valence electrons. The number of anilines is 2. The Kier molecular flexibility index (Phi) is 5.30. The van der Waals surface area contributed by atoms with E-state index in [-0.39, 0.29) is 0 Å². The van der Waals surface area contributed by atoms with Crippen molar-refractivity contribution in [3.63, 3.8) is 0 Å². The highest BCUT2D eigenvalue weighted by Crippen LogP contribution is 2.49. The molecular weight excluding hydrogens is 601 g/mol. The number of rotatable bonds is 3. The Morgan fingerprint density at radius 1 is 0.370 bits per heavy atom. The van der Waals surface area contributed by atoms with Gasteiger partial charge in [-0.2, -0.15) is 0 Å². The number of nitrogen functional groups attached to an aromatic ring is 2. The smallest absolute Gasteiger partial charge is 0.0964 e. The fourth-order valence-electron chi connectivity index (χ4n) is 7.31. The lowest BCUT2D eigenvalue weighted by atomic mass is 10.1. The highest BCUT2D eigenvalue weighted by atomic mass is 32.1. The SMILES string of the molecule is Nc1c(-c2c(N)c3ccccc3n2-c2cccc3c2sc2ccccc23)n(-c2cccc3c2sc2ccccc23)c2ccccc12. The van der Waals surface area contributed by atoms with Gasteiger partial charge in [0.1, 0.15) is 0 Å². The predicted octanol–water partition coefficient (Wildman–Crippen LogP) is 11.1. The molecule has 0 aliphatic rings. The van der Waals surface area contributed by atoms with Crippen molar-refractivity contribution >= 4 is 96.2 Å². The zero-order valence-corrected chi connectivity index (χ0v) is 26.2. The number of hydrogen-bond acceptors (Lipinski definition) is 4. The molecule has 4 nitrogen and oxygen atoms in total. The Balaban J connectivity index is 1.39. The van der Waals surface area contributed by atoms with Gasteiger partial charge in [0.05, 0.1) is 54.6 Å². The fourth-order valence-corrected chi connectivity index (χ4v) is 9.73. The first-order chi connectivity index (χ1) is 22.7. The first-order valence-corrected chi connectivity index (χ1v) is 16.9. The number of aromatic nitrogens is 2. The minimum atomic E-state index is 0.716. The number of hydrogen-bond donors (Lipinski definition) is 2. The van der Waals surface area contributed by atoms with Crippen LogP contribution < -0.4 is 11.5 Å². The summed E-state index contributed by atoms with van der Waals surface area (Å²) in [6.07, 6.45) is 0. The average molecular weight is 627 g/mol. The molecule has 0 amide bonds. The molecule has 4 heterocycles. The van der Waals surface area contributed by atoms with Gasteiger partial charge < -0.3 is 20.6 Å². The molecule has 0 atom stereocenters. The van der Waals surface area contributed by atoms with Crippen LogP contribution >= 0.6 is 22.7 Å². The second-order valence-corrected chi connectivity index (χ2v) is 13.8. The minimum Gasteiger partial charge on any atom is -0.396 e. The summed E-state index contributed by atoms with van der Waals surface area (Å²) in [5, 5.41) is 7.02. The standard InChI is InChI=1S/C40H26N4S2/c41-35-27-13-1-5-17-29(27)43(31-19-9-15-25-23-11-3-7-21-33(23)45-39(25)31)37(35)38-36(42)28-14-2-6-18-30(28)44(38)32-20-10-16-26-24-12-4-8-22-34(24)46-40(26)32/h1-22H,41-42H2. The summed E-state index contributed by atoms with van der Waals surface area (Å²) in [5.41, 5.74) is 22.0. The lowest BCUT2D eigenvalue weighted by Crippen LogP contribution is -2.05. The lowest BCUT2D eigenvalue weighted by Gasteiger charge is -2.17. The van der Waals surface area contributed by atoms with Crippen LogP contribution in [0.25, 0.3) is 84.9 Å². The highest BCUT2D eigenvalue weighted by molar-refractivity contribution is 7.26. The first kappa shape index (κ1) is 25.7. The van der Waals surface area contributed by atoms with Gasteiger partial charge in [-0.3, -0.25) is 0 Å². The summed E-state index contributed by atoms with van der Waals surface area (Å²) >= 11 is 3.64. The molecule has 6 aromatic carbocycles. The summed E-state index contributed by atoms with van der Waals surface area (Å²) in [6, 6.07) is 47.3. The van der Waals surface area contributed by atoms with Crippen molar-refractivity contribution in [2.45, 2.75) is 0 Å². The second kappa shape index (κ2) is 9.47. The Morgan fingerprint density at radius 3 is 1.20 bits per heavy atom. The van der Waals surface area contributed by atoms with Crippen LogP contribution in [0.2, 0.25) is 0 Å². The molecule has 0 radical (unpaired) electrons. The maximum Gasteiger partial charge on any atom is 0.0964 e. The number of fused-ring (bicyclic) bond motifs is 8. The van der Waals surface area contributed by atoms with Crippen LogP contribution in [0, 0.1) is 0 Å². The van der Waals surface area contributed by atoms with Crippen molar-refractivity contribution in [2.24, 2.45) is 0 Å². The Hall–Kier alpha value is -5.56. The monoisotopic (exact) mass is 626 g/mol. The molecule has 0 saturated carbocycles. The molecular formula is C40H26N4S2. The van der Waals surface area contributed by atoms with Crippen LogP contribution in [0.15, 0.2) is 133 Å². The molecule has 0 bridgehead atoms. The van der Waals surface area contributed by atoms with Gasteiger partial charge in [-0.05, 0) is 36.4 Å². The summed E-state index contributed by atoms with van der Waals surface area (Å²) in [4.78, 5) is 0. The number of nitrogens with zero attached hydrogens (tertiary/aromatic N) is 2. The van der Waals surface area contributed by atoms with Crippen LogP contribution in [0.5, 0.6) is 0 Å². The van der Waals surface area contributed by atoms with E-state index in [4.69, 9.17) is 11.5 Å². The summed E-state index contributed by atoms with van der Waals surface area (Å²) < 4.78 is 9.65. The third-order valence-electron chi connectivity index (χ3n) is 9.30. The van der Waals surface area contributed by atoms with Crippen LogP contribution in [-0.4, -0.2) is 9.13 Å². The van der Waals surface area contributed by atoms with E-state index in [9.17, 15) is 0 Å². The molecule has 10 aromatic rings. The van der Waals surface area contributed by atoms with E-state index in [0.29, 0.717) is 11.4 Å². The van der Waals surface area contributed by atoms with Crippen molar-refractivity contribution in [1.82, 2.24) is 9.13 Å². The van der Waals surface area contributed by atoms with E-state index < -0.39 is 0 Å². The van der Waals surface area contributed by atoms with Crippen LogP contribution in [0.1, 0.15) is 0 Å². The lowest BCUT2D eigenvalue weighted by molar-refractivity contribution is 1.09. The molecule has 4 N–H and O–H groups in total. The van der Waals surface area contributed by atoms with Crippen molar-refractivity contribution in [1.29, 1.82) is 0 Å². The Bertz CT molecular complexity index is 2650. The van der Waals surface area contributed by atoms with Gasteiger partial charge in [0.15, 0.2) is 0 Å². The average Bonchev–Trinajstić information content (AvgIpc) is 3.83. The largest absolute Gasteiger partial charge is 0.396 e. The van der Waals surface area contributed by atoms with E-state index in [1.807, 2.05) is 22.7 Å². The van der Waals surface area contributed by atoms with Gasteiger partial charge in [0, 0.05) is 41.7 Å². The van der Waals surface area contributed by atoms with Crippen molar-refractivity contribution in [2.75, 3.05) is 11.5 Å². The third-order valence-corrected chi connectivity index (χ3v) is 11.7. The minimum absolute atomic E-state index is 0.716. The van der Waals surface area contributed by atoms with Crippen LogP contribution in [0.4, 0.5) is 11.4 Å². The Morgan fingerprint density at radius 2 is 0.739 bits per heavy atom. The Labute approximate surface area is 271 Å². The normalized spacial score (nSPS) is 12.1. The van der Waals surface area contributed by atoms with E-state index in [1.54, 1.807) is 0 Å². The maximum absolute atomic E-state index is 7.26. The van der Waals surface area contributed by atoms with Gasteiger partial charge in [-0.1, -0.05) is 97.1 Å². The van der Waals surface area contributed by atoms with Crippen molar-refractivity contribution in [3.8, 4) is 22.8 Å². The van der Waals surface area contributed by atoms with Crippen molar-refractivity contribution < 1.29 is 0 Å². The number of nitrogens with two attached hydrogens (primary N) is 2. The van der Waals surface area contributed by atoms with E-state index >= 15 is 0 Å². The number of benzene rings is 6. The van der Waals surface area contributed by atoms with Gasteiger partial charge in [0.25, 0.3) is 0 Å². The van der Waals surface area contributed by atoms with Crippen LogP contribution in [-0.2, 0) is 0 Å². The van der Waals surface area contributed by atoms with Crippen molar-refractivity contribution in [3.05, 3.63) is 133 Å². The molecule has 0 saturated heterocycles. The molecule has 0 aliphatic heterocycles. The maximum atomic E-state index is 7.26. The van der Waals surface area contributed by atoms with E-state index in [2.05, 4.69) is 143 Å². The van der Waals surface area contributed by atoms with Gasteiger partial charge in [-0.25, -0.2) is 0 Å². The zero-order chi connectivity index (χ0) is 30.5. The predicted molar refractivity (Wildman–Crippen MR) is 200 cm³/mol. The molecule has 0 aliphatic carbocycles. The van der Waals surface area contributed by atoms with Gasteiger partial charge >= 0.3 is 0 Å². The molecule has 0 spiro atoms. The highest BCUT2D eigenvalue weighted by Gasteiger charge is 2.28. The molecule has 0 unspecified atom stereocenters. The van der Waals surface area contributed by atoms with E-state index in [0.717, 1.165) is 44.6 Å². The summed E-state index contributed by atoms with van der Waals surface area (Å²) in [7, 11) is 0. The topological polar surface area (TPSA) is 61.9 Å². The second-order valence-electron chi connectivity index (χ2n) is 11.7. The molecule has 10 rings (SSSR count). The summed E-state index contributed by atoms with van der Waals surface area (Å²) in [6.45, 7) is 0. The first-order valence-electron chi connectivity index (χ1n) is 15.3. The third kappa shape index (κ3) is 3.37. The number of para-hydroxylation sites is 2. The molecule has 6 heteroatoms. The van der Waals surface area contributed by atoms with E-state index in [1.165, 1.54) is 40.3 Å².